The maximum Gasteiger partial charge on any atom is 0.123 e. The molecule has 1 aromatic carbocycles. The smallest absolute Gasteiger partial charge is 0.123 e. The molecule has 3 heteroatoms. The minimum Gasteiger partial charge on any atom is -0.380 e. The second kappa shape index (κ2) is 7.41. The third kappa shape index (κ3) is 5.80. The highest BCUT2D eigenvalue weighted by atomic mass is 19.1. The van der Waals surface area contributed by atoms with Crippen molar-refractivity contribution in [2.24, 2.45) is 5.92 Å². The minimum absolute atomic E-state index is 0.193. The van der Waals surface area contributed by atoms with Gasteiger partial charge in [-0.2, -0.15) is 0 Å². The fraction of sp³-hybridized carbons (Fsp3) is 0.571. The summed E-state index contributed by atoms with van der Waals surface area (Å²) in [5.74, 6) is 0.380. The van der Waals surface area contributed by atoms with Gasteiger partial charge in [-0.15, -0.1) is 0 Å². The third-order valence-electron chi connectivity index (χ3n) is 2.52. The van der Waals surface area contributed by atoms with Crippen LogP contribution >= 0.6 is 0 Å². The van der Waals surface area contributed by atoms with Crippen LogP contribution in [0.25, 0.3) is 0 Å². The van der Waals surface area contributed by atoms with E-state index in [9.17, 15) is 4.39 Å². The number of benzene rings is 1. The molecule has 0 aliphatic rings. The summed E-state index contributed by atoms with van der Waals surface area (Å²) in [6, 6.07) is 6.81. The molecular formula is C14H22FNO. The molecule has 1 unspecified atom stereocenters. The molecule has 1 N–H and O–H groups in total. The lowest BCUT2D eigenvalue weighted by Gasteiger charge is -2.14. The largest absolute Gasteiger partial charge is 0.380 e. The number of ether oxygens (including phenoxy) is 1. The average molecular weight is 239 g/mol. The molecule has 0 aromatic heterocycles. The Bertz CT molecular complexity index is 311. The predicted octanol–water partition coefficient (Wildman–Crippen LogP) is 3.15. The SMILES string of the molecule is CC(C)COCCNC(C)c1ccc(F)cc1. The Morgan fingerprint density at radius 2 is 1.82 bits per heavy atom. The summed E-state index contributed by atoms with van der Waals surface area (Å²) in [4.78, 5) is 0. The Kier molecular flexibility index (Phi) is 6.16. The zero-order chi connectivity index (χ0) is 12.7. The van der Waals surface area contributed by atoms with Gasteiger partial charge in [0.05, 0.1) is 6.61 Å². The molecule has 0 saturated heterocycles. The number of nitrogens with one attached hydrogen (secondary N) is 1. The van der Waals surface area contributed by atoms with Gasteiger partial charge in [0.15, 0.2) is 0 Å². The zero-order valence-corrected chi connectivity index (χ0v) is 10.9. The molecule has 0 radical (unpaired) electrons. The van der Waals surface area contributed by atoms with E-state index in [1.807, 2.05) is 12.1 Å². The maximum absolute atomic E-state index is 12.7. The first kappa shape index (κ1) is 14.1. The number of hydrogen-bond donors (Lipinski definition) is 1. The van der Waals surface area contributed by atoms with E-state index in [2.05, 4.69) is 26.1 Å². The second-order valence-corrected chi connectivity index (χ2v) is 4.70. The van der Waals surface area contributed by atoms with E-state index in [1.54, 1.807) is 0 Å². The quantitative estimate of drug-likeness (QED) is 0.738. The third-order valence-corrected chi connectivity index (χ3v) is 2.52. The standard InChI is InChI=1S/C14H22FNO/c1-11(2)10-17-9-8-16-12(3)13-4-6-14(15)7-5-13/h4-7,11-12,16H,8-10H2,1-3H3. The molecule has 0 amide bonds. The highest BCUT2D eigenvalue weighted by Gasteiger charge is 2.04. The molecule has 2 nitrogen and oxygen atoms in total. The summed E-state index contributed by atoms with van der Waals surface area (Å²) in [5.41, 5.74) is 1.09. The van der Waals surface area contributed by atoms with E-state index in [1.165, 1.54) is 12.1 Å². The molecular weight excluding hydrogens is 217 g/mol. The van der Waals surface area contributed by atoms with Crippen LogP contribution in [0.15, 0.2) is 24.3 Å². The lowest BCUT2D eigenvalue weighted by Crippen LogP contribution is -2.23. The van der Waals surface area contributed by atoms with Crippen molar-refractivity contribution in [1.82, 2.24) is 5.32 Å². The lowest BCUT2D eigenvalue weighted by atomic mass is 10.1. The molecule has 0 heterocycles. The molecule has 0 saturated carbocycles. The molecule has 0 aliphatic heterocycles. The van der Waals surface area contributed by atoms with E-state index in [-0.39, 0.29) is 11.9 Å². The number of rotatable bonds is 7. The van der Waals surface area contributed by atoms with Crippen LogP contribution < -0.4 is 5.32 Å². The van der Waals surface area contributed by atoms with Crippen molar-refractivity contribution < 1.29 is 9.13 Å². The zero-order valence-electron chi connectivity index (χ0n) is 10.9. The van der Waals surface area contributed by atoms with Crippen molar-refractivity contribution in [2.75, 3.05) is 19.8 Å². The first-order valence-corrected chi connectivity index (χ1v) is 6.16. The van der Waals surface area contributed by atoms with Crippen LogP contribution in [-0.4, -0.2) is 19.8 Å². The van der Waals surface area contributed by atoms with Gasteiger partial charge in [-0.1, -0.05) is 26.0 Å². The highest BCUT2D eigenvalue weighted by molar-refractivity contribution is 5.19. The van der Waals surface area contributed by atoms with Gasteiger partial charge in [-0.05, 0) is 30.5 Å². The van der Waals surface area contributed by atoms with Gasteiger partial charge >= 0.3 is 0 Å². The molecule has 0 aliphatic carbocycles. The summed E-state index contributed by atoms with van der Waals surface area (Å²) < 4.78 is 18.2. The van der Waals surface area contributed by atoms with Crippen LogP contribution in [0.3, 0.4) is 0 Å². The minimum atomic E-state index is -0.193. The van der Waals surface area contributed by atoms with Gasteiger partial charge in [0, 0.05) is 19.2 Å². The fourth-order valence-corrected chi connectivity index (χ4v) is 1.54. The number of hydrogen-bond acceptors (Lipinski definition) is 2. The number of halogens is 1. The summed E-state index contributed by atoms with van der Waals surface area (Å²) in [5, 5.41) is 3.34. The van der Waals surface area contributed by atoms with Gasteiger partial charge in [0.2, 0.25) is 0 Å². The van der Waals surface area contributed by atoms with E-state index < -0.39 is 0 Å². The van der Waals surface area contributed by atoms with E-state index in [0.29, 0.717) is 12.5 Å². The van der Waals surface area contributed by atoms with Crippen LogP contribution in [-0.2, 0) is 4.74 Å². The Labute approximate surface area is 103 Å². The molecule has 1 rings (SSSR count). The first-order chi connectivity index (χ1) is 8.09. The second-order valence-electron chi connectivity index (χ2n) is 4.70. The average Bonchev–Trinajstić information content (AvgIpc) is 2.29. The fourth-order valence-electron chi connectivity index (χ4n) is 1.54. The molecule has 0 bridgehead atoms. The predicted molar refractivity (Wildman–Crippen MR) is 68.5 cm³/mol. The van der Waals surface area contributed by atoms with Crippen molar-refractivity contribution in [3.63, 3.8) is 0 Å². The van der Waals surface area contributed by atoms with Crippen LogP contribution in [0.1, 0.15) is 32.4 Å². The molecule has 1 aromatic rings. The van der Waals surface area contributed by atoms with Crippen molar-refractivity contribution in [1.29, 1.82) is 0 Å². The van der Waals surface area contributed by atoms with Gasteiger partial charge in [0.1, 0.15) is 5.82 Å². The van der Waals surface area contributed by atoms with E-state index in [4.69, 9.17) is 4.74 Å². The maximum atomic E-state index is 12.7. The van der Waals surface area contributed by atoms with Gasteiger partial charge in [-0.25, -0.2) is 4.39 Å². The van der Waals surface area contributed by atoms with Crippen molar-refractivity contribution >= 4 is 0 Å². The highest BCUT2D eigenvalue weighted by Crippen LogP contribution is 2.12. The molecule has 1 atom stereocenters. The molecule has 0 spiro atoms. The Morgan fingerprint density at radius 1 is 1.18 bits per heavy atom. The Hall–Kier alpha value is -0.930. The normalized spacial score (nSPS) is 13.0. The topological polar surface area (TPSA) is 21.3 Å². The Morgan fingerprint density at radius 3 is 2.41 bits per heavy atom. The van der Waals surface area contributed by atoms with Gasteiger partial charge in [0.25, 0.3) is 0 Å². The molecule has 17 heavy (non-hydrogen) atoms. The van der Waals surface area contributed by atoms with Crippen molar-refractivity contribution in [2.45, 2.75) is 26.8 Å². The van der Waals surface area contributed by atoms with Crippen molar-refractivity contribution in [3.8, 4) is 0 Å². The van der Waals surface area contributed by atoms with Crippen LogP contribution in [0.2, 0.25) is 0 Å². The van der Waals surface area contributed by atoms with E-state index >= 15 is 0 Å². The van der Waals surface area contributed by atoms with Crippen LogP contribution in [0, 0.1) is 11.7 Å². The molecule has 0 fully saturated rings. The van der Waals surface area contributed by atoms with Crippen LogP contribution in [0.4, 0.5) is 4.39 Å². The summed E-state index contributed by atoms with van der Waals surface area (Å²) in [6.45, 7) is 8.65. The van der Waals surface area contributed by atoms with Gasteiger partial charge < -0.3 is 10.1 Å². The Balaban J connectivity index is 2.21. The molecule has 96 valence electrons. The lowest BCUT2D eigenvalue weighted by molar-refractivity contribution is 0.110. The van der Waals surface area contributed by atoms with Gasteiger partial charge in [-0.3, -0.25) is 0 Å². The van der Waals surface area contributed by atoms with E-state index in [0.717, 1.165) is 18.7 Å². The summed E-state index contributed by atoms with van der Waals surface area (Å²) in [7, 11) is 0. The first-order valence-electron chi connectivity index (χ1n) is 6.16. The van der Waals surface area contributed by atoms with Crippen LogP contribution in [0.5, 0.6) is 0 Å². The summed E-state index contributed by atoms with van der Waals surface area (Å²) >= 11 is 0. The summed E-state index contributed by atoms with van der Waals surface area (Å²) in [6.07, 6.45) is 0. The van der Waals surface area contributed by atoms with Crippen molar-refractivity contribution in [3.05, 3.63) is 35.6 Å². The monoisotopic (exact) mass is 239 g/mol.